The molecule has 0 saturated heterocycles. The van der Waals surface area contributed by atoms with E-state index >= 15 is 0 Å². The highest BCUT2D eigenvalue weighted by molar-refractivity contribution is 8.38. The fourth-order valence-electron chi connectivity index (χ4n) is 2.49. The number of hydrogen-bond acceptors (Lipinski definition) is 5. The minimum atomic E-state index is -0.184. The maximum absolute atomic E-state index is 12.4. The van der Waals surface area contributed by atoms with Gasteiger partial charge in [-0.25, -0.2) is 9.67 Å². The van der Waals surface area contributed by atoms with Crippen LogP contribution >= 0.6 is 23.5 Å². The first-order chi connectivity index (χ1) is 11.8. The number of aromatic nitrogens is 2. The van der Waals surface area contributed by atoms with E-state index in [2.05, 4.69) is 42.2 Å². The lowest BCUT2D eigenvalue weighted by Crippen LogP contribution is -2.27. The molecular formula is C18H22N4OS2. The molecule has 3 rings (SSSR count). The van der Waals surface area contributed by atoms with Crippen molar-refractivity contribution in [2.45, 2.75) is 39.0 Å². The van der Waals surface area contributed by atoms with Crippen LogP contribution in [0.4, 0.5) is 11.5 Å². The number of anilines is 1. The third kappa shape index (κ3) is 4.46. The molecule has 1 aromatic carbocycles. The molecular weight excluding hydrogens is 352 g/mol. The van der Waals surface area contributed by atoms with Gasteiger partial charge in [0.1, 0.15) is 10.2 Å². The second-order valence-electron chi connectivity index (χ2n) is 6.89. The number of nitrogens with one attached hydrogen (secondary N) is 1. The van der Waals surface area contributed by atoms with Crippen LogP contribution in [0.5, 0.6) is 0 Å². The average Bonchev–Trinajstić information content (AvgIpc) is 2.93. The molecule has 1 aliphatic heterocycles. The Morgan fingerprint density at radius 2 is 2.12 bits per heavy atom. The largest absolute Gasteiger partial charge is 0.310 e. The zero-order valence-corrected chi connectivity index (χ0v) is 16.5. The number of carbonyl (C=O) groups is 1. The molecule has 1 N–H and O–H groups in total. The van der Waals surface area contributed by atoms with E-state index in [4.69, 9.17) is 0 Å². The Kier molecular flexibility index (Phi) is 5.24. The summed E-state index contributed by atoms with van der Waals surface area (Å²) in [6, 6.07) is 10.0. The minimum Gasteiger partial charge on any atom is -0.310 e. The van der Waals surface area contributed by atoms with Gasteiger partial charge in [0.15, 0.2) is 0 Å². The number of fused-ring (bicyclic) bond motifs is 1. The average molecular weight is 375 g/mol. The van der Waals surface area contributed by atoms with Crippen LogP contribution in [0.1, 0.15) is 32.0 Å². The lowest BCUT2D eigenvalue weighted by atomic mass is 10.1. The Morgan fingerprint density at radius 3 is 2.88 bits per heavy atom. The number of aryl methyl sites for hydroxylation is 1. The molecule has 5 nitrogen and oxygen atoms in total. The molecule has 1 amide bonds. The summed E-state index contributed by atoms with van der Waals surface area (Å²) in [5.74, 6) is 1.93. The van der Waals surface area contributed by atoms with E-state index in [0.717, 1.165) is 27.3 Å². The molecule has 2 heterocycles. The third-order valence-corrected chi connectivity index (χ3v) is 5.86. The fraction of sp³-hybridized carbons (Fsp3) is 0.389. The number of amides is 1. The highest BCUT2D eigenvalue weighted by atomic mass is 32.2. The molecule has 0 saturated carbocycles. The van der Waals surface area contributed by atoms with E-state index in [1.807, 2.05) is 35.9 Å². The van der Waals surface area contributed by atoms with Crippen LogP contribution in [0.2, 0.25) is 0 Å². The maximum atomic E-state index is 12.4. The number of rotatable bonds is 3. The van der Waals surface area contributed by atoms with Crippen LogP contribution in [0.15, 0.2) is 35.3 Å². The fourth-order valence-corrected chi connectivity index (χ4v) is 4.35. The van der Waals surface area contributed by atoms with E-state index in [1.165, 1.54) is 17.3 Å². The molecule has 25 heavy (non-hydrogen) atoms. The lowest BCUT2D eigenvalue weighted by Gasteiger charge is -2.22. The Labute approximate surface area is 156 Å². The summed E-state index contributed by atoms with van der Waals surface area (Å²) >= 11 is 3.16. The van der Waals surface area contributed by atoms with E-state index in [9.17, 15) is 4.79 Å². The molecule has 1 aromatic heterocycles. The molecule has 132 valence electrons. The van der Waals surface area contributed by atoms with Crippen LogP contribution < -0.4 is 5.32 Å². The second-order valence-corrected chi connectivity index (χ2v) is 9.07. The number of thioether (sulfide) groups is 2. The van der Waals surface area contributed by atoms with Crippen molar-refractivity contribution in [2.24, 2.45) is 4.99 Å². The molecule has 0 radical (unpaired) electrons. The Balaban J connectivity index is 1.62. The van der Waals surface area contributed by atoms with Crippen molar-refractivity contribution in [1.29, 1.82) is 0 Å². The topological polar surface area (TPSA) is 59.3 Å². The minimum absolute atomic E-state index is 0.0439. The first-order valence-corrected chi connectivity index (χ1v) is 10.1. The van der Waals surface area contributed by atoms with Crippen molar-refractivity contribution in [1.82, 2.24) is 9.78 Å². The SMILES string of the molecule is Cc1cc(NC(=O)CSC2=Nc3ccccc3CS2)n(C(C)(C)C)n1. The Hall–Kier alpha value is -1.73. The van der Waals surface area contributed by atoms with Gasteiger partial charge in [0.2, 0.25) is 5.91 Å². The summed E-state index contributed by atoms with van der Waals surface area (Å²) in [5.41, 5.74) is 2.95. The number of aliphatic imine (C=N–C) groups is 1. The molecule has 1 aliphatic rings. The summed E-state index contributed by atoms with van der Waals surface area (Å²) < 4.78 is 2.79. The lowest BCUT2D eigenvalue weighted by molar-refractivity contribution is -0.113. The third-order valence-electron chi connectivity index (χ3n) is 3.62. The molecule has 0 atom stereocenters. The van der Waals surface area contributed by atoms with Crippen LogP contribution in [-0.4, -0.2) is 25.8 Å². The van der Waals surface area contributed by atoms with Gasteiger partial charge in [0.05, 0.1) is 22.7 Å². The van der Waals surface area contributed by atoms with Crippen molar-refractivity contribution in [3.63, 3.8) is 0 Å². The summed E-state index contributed by atoms with van der Waals surface area (Å²) in [6.07, 6.45) is 0. The number of hydrogen-bond donors (Lipinski definition) is 1. The van der Waals surface area contributed by atoms with Crippen molar-refractivity contribution in [3.8, 4) is 0 Å². The van der Waals surface area contributed by atoms with Gasteiger partial charge < -0.3 is 5.32 Å². The molecule has 0 aliphatic carbocycles. The first kappa shape index (κ1) is 18.1. The quantitative estimate of drug-likeness (QED) is 0.856. The van der Waals surface area contributed by atoms with Crippen molar-refractivity contribution >= 4 is 45.3 Å². The normalized spacial score (nSPS) is 14.0. The van der Waals surface area contributed by atoms with Crippen molar-refractivity contribution in [3.05, 3.63) is 41.6 Å². The predicted molar refractivity (Wildman–Crippen MR) is 108 cm³/mol. The smallest absolute Gasteiger partial charge is 0.235 e. The summed E-state index contributed by atoms with van der Waals surface area (Å²) in [6.45, 7) is 8.12. The number of para-hydroxylation sites is 1. The van der Waals surface area contributed by atoms with Gasteiger partial charge in [-0.3, -0.25) is 4.79 Å². The molecule has 0 unspecified atom stereocenters. The number of benzene rings is 1. The summed E-state index contributed by atoms with van der Waals surface area (Å²) in [7, 11) is 0. The van der Waals surface area contributed by atoms with Crippen LogP contribution in [0.3, 0.4) is 0 Å². The predicted octanol–water partition coefficient (Wildman–Crippen LogP) is 4.55. The molecule has 0 bridgehead atoms. The second kappa shape index (κ2) is 7.25. The van der Waals surface area contributed by atoms with Gasteiger partial charge in [-0.2, -0.15) is 5.10 Å². The van der Waals surface area contributed by atoms with E-state index in [1.54, 1.807) is 11.8 Å². The monoisotopic (exact) mass is 374 g/mol. The summed E-state index contributed by atoms with van der Waals surface area (Å²) in [4.78, 5) is 17.0. The van der Waals surface area contributed by atoms with Gasteiger partial charge in [-0.15, -0.1) is 0 Å². The molecule has 2 aromatic rings. The van der Waals surface area contributed by atoms with Crippen LogP contribution in [-0.2, 0) is 16.1 Å². The van der Waals surface area contributed by atoms with Gasteiger partial charge >= 0.3 is 0 Å². The van der Waals surface area contributed by atoms with Crippen LogP contribution in [0, 0.1) is 6.92 Å². The van der Waals surface area contributed by atoms with E-state index in [0.29, 0.717) is 5.75 Å². The molecule has 0 spiro atoms. The molecule has 7 heteroatoms. The van der Waals surface area contributed by atoms with Gasteiger partial charge in [0.25, 0.3) is 0 Å². The van der Waals surface area contributed by atoms with E-state index < -0.39 is 0 Å². The van der Waals surface area contributed by atoms with E-state index in [-0.39, 0.29) is 11.4 Å². The highest BCUT2D eigenvalue weighted by Gasteiger charge is 2.20. The number of nitrogens with zero attached hydrogens (tertiary/aromatic N) is 3. The van der Waals surface area contributed by atoms with Gasteiger partial charge in [0, 0.05) is 11.8 Å². The van der Waals surface area contributed by atoms with Gasteiger partial charge in [-0.1, -0.05) is 41.7 Å². The van der Waals surface area contributed by atoms with Gasteiger partial charge in [-0.05, 0) is 39.3 Å². The maximum Gasteiger partial charge on any atom is 0.235 e. The van der Waals surface area contributed by atoms with Crippen LogP contribution in [0.25, 0.3) is 0 Å². The van der Waals surface area contributed by atoms with Crippen molar-refractivity contribution in [2.75, 3.05) is 11.1 Å². The van der Waals surface area contributed by atoms with Crippen molar-refractivity contribution < 1.29 is 4.79 Å². The Morgan fingerprint density at radius 1 is 1.36 bits per heavy atom. The number of carbonyl (C=O) groups excluding carboxylic acids is 1. The summed E-state index contributed by atoms with van der Waals surface area (Å²) in [5, 5.41) is 7.45. The highest BCUT2D eigenvalue weighted by Crippen LogP contribution is 2.34. The zero-order chi connectivity index (χ0) is 18.0. The Bertz CT molecular complexity index is 821. The first-order valence-electron chi connectivity index (χ1n) is 8.12. The zero-order valence-electron chi connectivity index (χ0n) is 14.9. The molecule has 0 fully saturated rings. The standard InChI is InChI=1S/C18H22N4OS2/c1-12-9-15(22(21-12)18(2,3)4)20-16(23)11-25-17-19-14-8-6-5-7-13(14)10-24-17/h5-9H,10-11H2,1-4H3,(H,20,23).